The van der Waals surface area contributed by atoms with Gasteiger partial charge in [-0.3, -0.25) is 9.59 Å². The van der Waals surface area contributed by atoms with E-state index in [9.17, 15) is 18.4 Å². The number of fused-ring (bicyclic) bond motifs is 1. The van der Waals surface area contributed by atoms with Crippen LogP contribution in [-0.2, 0) is 4.79 Å². The highest BCUT2D eigenvalue weighted by Gasteiger charge is 2.42. The molecule has 6 nitrogen and oxygen atoms in total. The number of aromatic nitrogens is 2. The number of rotatable bonds is 6. The van der Waals surface area contributed by atoms with Gasteiger partial charge >= 0.3 is 0 Å². The molecule has 5 rings (SSSR count). The molecule has 0 bridgehead atoms. The summed E-state index contributed by atoms with van der Waals surface area (Å²) in [6.07, 6.45) is 1.06. The minimum Gasteiger partial charge on any atom is -0.349 e. The van der Waals surface area contributed by atoms with Crippen LogP contribution in [0.4, 0.5) is 8.78 Å². The number of carbonyl (C=O) groups excluding carboxylic acids is 2. The highest BCUT2D eigenvalue weighted by molar-refractivity contribution is 7.14. The second kappa shape index (κ2) is 7.95. The lowest BCUT2D eigenvalue weighted by Crippen LogP contribution is -2.30. The second-order valence-electron chi connectivity index (χ2n) is 8.77. The predicted octanol–water partition coefficient (Wildman–Crippen LogP) is 4.48. The lowest BCUT2D eigenvalue weighted by molar-refractivity contribution is -0.122. The molecule has 2 N–H and O–H groups in total. The van der Waals surface area contributed by atoms with Gasteiger partial charge in [0.2, 0.25) is 5.91 Å². The van der Waals surface area contributed by atoms with Crippen LogP contribution in [0.5, 0.6) is 0 Å². The molecule has 0 unspecified atom stereocenters. The fourth-order valence-electron chi connectivity index (χ4n) is 4.33. The molecule has 1 saturated heterocycles. The molecule has 1 aliphatic heterocycles. The van der Waals surface area contributed by atoms with Gasteiger partial charge in [-0.25, -0.2) is 13.8 Å². The van der Waals surface area contributed by atoms with Crippen LogP contribution in [0.15, 0.2) is 36.4 Å². The minimum absolute atomic E-state index is 0.0402. The van der Waals surface area contributed by atoms with E-state index in [0.29, 0.717) is 11.3 Å². The maximum atomic E-state index is 13.4. The summed E-state index contributed by atoms with van der Waals surface area (Å²) in [5.41, 5.74) is 1.94. The zero-order valence-corrected chi connectivity index (χ0v) is 18.4. The van der Waals surface area contributed by atoms with Crippen molar-refractivity contribution in [2.45, 2.75) is 44.1 Å². The summed E-state index contributed by atoms with van der Waals surface area (Å²) < 4.78 is 26.8. The molecule has 1 aliphatic carbocycles. The quantitative estimate of drug-likeness (QED) is 0.572. The lowest BCUT2D eigenvalue weighted by atomic mass is 10.2. The Bertz CT molecular complexity index is 1140. The number of hydrogen-bond donors (Lipinski definition) is 2. The van der Waals surface area contributed by atoms with Crippen LogP contribution < -0.4 is 5.32 Å². The average molecular weight is 459 g/mol. The van der Waals surface area contributed by atoms with E-state index >= 15 is 0 Å². The Hall–Kier alpha value is -2.81. The number of nitrogens with one attached hydrogen (secondary N) is 2. The molecule has 32 heavy (non-hydrogen) atoms. The first kappa shape index (κ1) is 21.1. The zero-order valence-electron chi connectivity index (χ0n) is 17.6. The van der Waals surface area contributed by atoms with E-state index in [2.05, 4.69) is 15.3 Å². The fourth-order valence-corrected chi connectivity index (χ4v) is 5.31. The van der Waals surface area contributed by atoms with Crippen molar-refractivity contribution in [1.82, 2.24) is 20.2 Å². The summed E-state index contributed by atoms with van der Waals surface area (Å²) in [7, 11) is 0. The molecular formula is C23H24F2N4O2S. The molecule has 0 radical (unpaired) electrons. The van der Waals surface area contributed by atoms with Crippen LogP contribution in [0.1, 0.15) is 58.5 Å². The number of hydrogen-bond acceptors (Lipinski definition) is 4. The molecule has 3 atom stereocenters. The summed E-state index contributed by atoms with van der Waals surface area (Å²) in [5, 5.41) is 3.00. The van der Waals surface area contributed by atoms with Crippen molar-refractivity contribution < 1.29 is 18.4 Å². The van der Waals surface area contributed by atoms with E-state index in [4.69, 9.17) is 0 Å². The molecule has 2 amide bonds. The van der Waals surface area contributed by atoms with Gasteiger partial charge in [-0.2, -0.15) is 0 Å². The van der Waals surface area contributed by atoms with Gasteiger partial charge in [0.15, 0.2) is 0 Å². The minimum atomic E-state index is -2.81. The van der Waals surface area contributed by atoms with Gasteiger partial charge in [0.1, 0.15) is 5.82 Å². The maximum Gasteiger partial charge on any atom is 0.267 e. The van der Waals surface area contributed by atoms with Crippen molar-refractivity contribution in [2.75, 3.05) is 13.1 Å². The number of thiophene rings is 1. The molecular weight excluding hydrogens is 434 g/mol. The number of amides is 2. The van der Waals surface area contributed by atoms with E-state index in [1.165, 1.54) is 16.2 Å². The number of benzene rings is 1. The molecule has 0 spiro atoms. The maximum absolute atomic E-state index is 13.4. The summed E-state index contributed by atoms with van der Waals surface area (Å²) in [6.45, 7) is 1.41. The number of aromatic amines is 1. The number of nitrogens with zero attached hydrogens (tertiary/aromatic N) is 2. The Balaban J connectivity index is 1.14. The topological polar surface area (TPSA) is 78.1 Å². The molecule has 2 aromatic heterocycles. The van der Waals surface area contributed by atoms with Gasteiger partial charge in [-0.1, -0.05) is 12.1 Å². The summed E-state index contributed by atoms with van der Waals surface area (Å²) in [6, 6.07) is 11.1. The fraction of sp³-hybridized carbons (Fsp3) is 0.435. The van der Waals surface area contributed by atoms with E-state index in [0.717, 1.165) is 28.2 Å². The summed E-state index contributed by atoms with van der Waals surface area (Å²) >= 11 is 1.25. The SMILES string of the molecule is C[C@@H](NC(=O)C[C@@H]1C[C@@H]1c1nc2ccccc2[nH]1)c1ccc(C(=O)N2CCC(F)(F)C2)s1. The Morgan fingerprint density at radius 3 is 2.88 bits per heavy atom. The van der Waals surface area contributed by atoms with Crippen molar-refractivity contribution in [3.63, 3.8) is 0 Å². The Kier molecular flexibility index (Phi) is 5.23. The molecule has 3 heterocycles. The van der Waals surface area contributed by atoms with Crippen LogP contribution in [-0.4, -0.2) is 45.7 Å². The number of carbonyl (C=O) groups is 2. The van der Waals surface area contributed by atoms with Gasteiger partial charge in [-0.15, -0.1) is 11.3 Å². The first-order chi connectivity index (χ1) is 15.3. The molecule has 2 aliphatic rings. The van der Waals surface area contributed by atoms with Gasteiger partial charge < -0.3 is 15.2 Å². The normalized spacial score (nSPS) is 22.8. The molecule has 3 aromatic rings. The van der Waals surface area contributed by atoms with Crippen molar-refractivity contribution >= 4 is 34.2 Å². The second-order valence-corrected chi connectivity index (χ2v) is 9.88. The number of imidazole rings is 1. The van der Waals surface area contributed by atoms with Crippen LogP contribution in [0, 0.1) is 5.92 Å². The Morgan fingerprint density at radius 1 is 1.31 bits per heavy atom. The van der Waals surface area contributed by atoms with E-state index in [-0.39, 0.29) is 42.7 Å². The molecule has 1 aromatic carbocycles. The molecule has 168 valence electrons. The largest absolute Gasteiger partial charge is 0.349 e. The third-order valence-electron chi connectivity index (χ3n) is 6.23. The van der Waals surface area contributed by atoms with Gasteiger partial charge in [0.25, 0.3) is 11.8 Å². The summed E-state index contributed by atoms with van der Waals surface area (Å²) in [5.74, 6) is -1.75. The highest BCUT2D eigenvalue weighted by atomic mass is 32.1. The van der Waals surface area contributed by atoms with Crippen LogP contribution in [0.2, 0.25) is 0 Å². The number of para-hydroxylation sites is 2. The molecule has 1 saturated carbocycles. The van der Waals surface area contributed by atoms with Gasteiger partial charge in [-0.05, 0) is 43.5 Å². The van der Waals surface area contributed by atoms with Crippen molar-refractivity contribution in [2.24, 2.45) is 5.92 Å². The van der Waals surface area contributed by atoms with E-state index in [1.807, 2.05) is 31.2 Å². The lowest BCUT2D eigenvalue weighted by Gasteiger charge is -2.15. The monoisotopic (exact) mass is 458 g/mol. The van der Waals surface area contributed by atoms with E-state index in [1.54, 1.807) is 12.1 Å². The van der Waals surface area contributed by atoms with Crippen molar-refractivity contribution in [3.8, 4) is 0 Å². The number of alkyl halides is 2. The first-order valence-corrected chi connectivity index (χ1v) is 11.6. The van der Waals surface area contributed by atoms with Gasteiger partial charge in [0, 0.05) is 30.2 Å². The van der Waals surface area contributed by atoms with E-state index < -0.39 is 12.5 Å². The Labute approximate surface area is 188 Å². The molecule has 9 heteroatoms. The number of halogens is 2. The van der Waals surface area contributed by atoms with Gasteiger partial charge in [0.05, 0.1) is 28.5 Å². The van der Waals surface area contributed by atoms with Crippen molar-refractivity contribution in [1.29, 1.82) is 0 Å². The van der Waals surface area contributed by atoms with Crippen LogP contribution in [0.3, 0.4) is 0 Å². The average Bonchev–Trinajstić information content (AvgIpc) is 3.14. The van der Waals surface area contributed by atoms with Crippen molar-refractivity contribution in [3.05, 3.63) is 52.0 Å². The zero-order chi connectivity index (χ0) is 22.5. The first-order valence-electron chi connectivity index (χ1n) is 10.8. The van der Waals surface area contributed by atoms with Crippen LogP contribution >= 0.6 is 11.3 Å². The third-order valence-corrected chi connectivity index (χ3v) is 7.48. The number of likely N-dealkylation sites (tertiary alicyclic amines) is 1. The molecule has 2 fully saturated rings. The highest BCUT2D eigenvalue weighted by Crippen LogP contribution is 2.48. The Morgan fingerprint density at radius 2 is 2.12 bits per heavy atom. The number of H-pyrrole nitrogens is 1. The van der Waals surface area contributed by atoms with Crippen LogP contribution in [0.25, 0.3) is 11.0 Å². The standard InChI is InChI=1S/C23H24F2N4O2S/c1-13(18-6-7-19(32-18)22(31)29-9-8-23(24,25)12-29)26-20(30)11-14-10-15(14)21-27-16-4-2-3-5-17(16)28-21/h2-7,13-15H,8-12H2,1H3,(H,26,30)(H,27,28)/t13-,14+,15+/m1/s1. The predicted molar refractivity (Wildman–Crippen MR) is 118 cm³/mol. The summed E-state index contributed by atoms with van der Waals surface area (Å²) in [4.78, 5) is 35.5. The smallest absolute Gasteiger partial charge is 0.267 e. The third kappa shape index (κ3) is 4.26.